The van der Waals surface area contributed by atoms with E-state index in [9.17, 15) is 4.79 Å². The number of carbonyl (C=O) groups is 1. The molecule has 4 heteroatoms. The van der Waals surface area contributed by atoms with Crippen molar-refractivity contribution < 1.29 is 4.79 Å². The Kier molecular flexibility index (Phi) is 5.90. The summed E-state index contributed by atoms with van der Waals surface area (Å²) in [6.07, 6.45) is 2.89. The van der Waals surface area contributed by atoms with Gasteiger partial charge in [0.15, 0.2) is 0 Å². The second kappa shape index (κ2) is 8.13. The Morgan fingerprint density at radius 3 is 2.58 bits per heavy atom. The molecule has 2 aliphatic rings. The first kappa shape index (κ1) is 17.4. The van der Waals surface area contributed by atoms with Crippen LogP contribution in [0.15, 0.2) is 30.3 Å². The number of hydrogen-bond acceptors (Lipinski definition) is 3. The topological polar surface area (TPSA) is 44.4 Å². The first-order chi connectivity index (χ1) is 11.6. The number of amides is 1. The van der Waals surface area contributed by atoms with Gasteiger partial charge in [-0.15, -0.1) is 0 Å². The van der Waals surface area contributed by atoms with Gasteiger partial charge in [-0.2, -0.15) is 0 Å². The van der Waals surface area contributed by atoms with E-state index in [2.05, 4.69) is 41.5 Å². The molecule has 3 rings (SSSR count). The van der Waals surface area contributed by atoms with Crippen LogP contribution < -0.4 is 10.6 Å². The van der Waals surface area contributed by atoms with Crippen molar-refractivity contribution in [2.45, 2.75) is 45.2 Å². The van der Waals surface area contributed by atoms with E-state index in [0.717, 1.165) is 31.7 Å². The Hall–Kier alpha value is -1.39. The minimum absolute atomic E-state index is 0.297. The van der Waals surface area contributed by atoms with Crippen LogP contribution >= 0.6 is 0 Å². The van der Waals surface area contributed by atoms with Crippen LogP contribution in [0.5, 0.6) is 0 Å². The molecule has 4 nitrogen and oxygen atoms in total. The highest BCUT2D eigenvalue weighted by atomic mass is 16.2. The molecular formula is C20H31N3O. The molecule has 2 atom stereocenters. The van der Waals surface area contributed by atoms with E-state index in [-0.39, 0.29) is 0 Å². The molecule has 0 radical (unpaired) electrons. The molecule has 1 aliphatic carbocycles. The molecule has 0 unspecified atom stereocenters. The largest absolute Gasteiger partial charge is 0.339 e. The molecule has 1 aliphatic heterocycles. The lowest BCUT2D eigenvalue weighted by Gasteiger charge is -2.29. The molecule has 0 bridgehead atoms. The molecule has 1 heterocycles. The second-order valence-electron chi connectivity index (χ2n) is 7.68. The van der Waals surface area contributed by atoms with Crippen molar-refractivity contribution in [2.24, 2.45) is 11.8 Å². The molecule has 0 aromatic heterocycles. The summed E-state index contributed by atoms with van der Waals surface area (Å²) in [6.45, 7) is 8.44. The summed E-state index contributed by atoms with van der Waals surface area (Å²) < 4.78 is 0. The van der Waals surface area contributed by atoms with Crippen molar-refractivity contribution in [3.8, 4) is 0 Å². The third-order valence-corrected chi connectivity index (χ3v) is 5.21. The Morgan fingerprint density at radius 2 is 1.92 bits per heavy atom. The zero-order chi connectivity index (χ0) is 16.9. The minimum Gasteiger partial charge on any atom is -0.339 e. The molecule has 2 N–H and O–H groups in total. The van der Waals surface area contributed by atoms with Gasteiger partial charge in [-0.05, 0) is 43.3 Å². The molecule has 2 fully saturated rings. The van der Waals surface area contributed by atoms with Gasteiger partial charge in [-0.1, -0.05) is 44.2 Å². The first-order valence-corrected chi connectivity index (χ1v) is 9.41. The van der Waals surface area contributed by atoms with Gasteiger partial charge in [0.2, 0.25) is 5.91 Å². The molecule has 1 amide bonds. The smallest absolute Gasteiger partial charge is 0.227 e. The minimum atomic E-state index is 0.297. The van der Waals surface area contributed by atoms with E-state index < -0.39 is 0 Å². The Labute approximate surface area is 146 Å². The van der Waals surface area contributed by atoms with Crippen molar-refractivity contribution in [1.82, 2.24) is 15.5 Å². The summed E-state index contributed by atoms with van der Waals surface area (Å²) in [5.74, 6) is 1.49. The SMILES string of the molecule is CC(C)NC[C@H]1CNC[C@H]1CN(C(=O)Cc1ccccc1)C1CC1. The van der Waals surface area contributed by atoms with Gasteiger partial charge in [0.25, 0.3) is 0 Å². The predicted octanol–water partition coefficient (Wildman–Crippen LogP) is 2.05. The molecule has 1 saturated carbocycles. The van der Waals surface area contributed by atoms with E-state index in [0.29, 0.717) is 36.2 Å². The van der Waals surface area contributed by atoms with Crippen molar-refractivity contribution in [2.75, 3.05) is 26.2 Å². The van der Waals surface area contributed by atoms with Crippen LogP contribution in [0.4, 0.5) is 0 Å². The van der Waals surface area contributed by atoms with E-state index >= 15 is 0 Å². The van der Waals surface area contributed by atoms with Gasteiger partial charge >= 0.3 is 0 Å². The Balaban J connectivity index is 1.58. The number of nitrogens with zero attached hydrogens (tertiary/aromatic N) is 1. The molecule has 1 saturated heterocycles. The van der Waals surface area contributed by atoms with Crippen LogP contribution in [0.1, 0.15) is 32.3 Å². The highest BCUT2D eigenvalue weighted by Crippen LogP contribution is 2.30. The molecule has 1 aromatic carbocycles. The molecule has 24 heavy (non-hydrogen) atoms. The molecule has 1 aromatic rings. The standard InChI is InChI=1S/C20H31N3O/c1-15(2)22-13-17-11-21-12-18(17)14-23(19-8-9-19)20(24)10-16-6-4-3-5-7-16/h3-7,15,17-19,21-22H,8-14H2,1-2H3/t17-,18+/m1/s1. The summed E-state index contributed by atoms with van der Waals surface area (Å²) >= 11 is 0. The van der Waals surface area contributed by atoms with Gasteiger partial charge in [0.1, 0.15) is 0 Å². The summed E-state index contributed by atoms with van der Waals surface area (Å²) in [5.41, 5.74) is 1.12. The third-order valence-electron chi connectivity index (χ3n) is 5.21. The third kappa shape index (κ3) is 4.81. The highest BCUT2D eigenvalue weighted by molar-refractivity contribution is 5.79. The van der Waals surface area contributed by atoms with Crippen molar-refractivity contribution in [3.05, 3.63) is 35.9 Å². The average Bonchev–Trinajstić information content (AvgIpc) is 3.31. The van der Waals surface area contributed by atoms with Gasteiger partial charge in [0, 0.05) is 25.2 Å². The number of hydrogen-bond donors (Lipinski definition) is 2. The highest BCUT2D eigenvalue weighted by Gasteiger charge is 2.37. The fraction of sp³-hybridized carbons (Fsp3) is 0.650. The van der Waals surface area contributed by atoms with Crippen LogP contribution in [0.2, 0.25) is 0 Å². The fourth-order valence-electron chi connectivity index (χ4n) is 3.59. The van der Waals surface area contributed by atoms with Gasteiger partial charge in [-0.3, -0.25) is 4.79 Å². The maximum atomic E-state index is 12.8. The lowest BCUT2D eigenvalue weighted by atomic mass is 9.94. The Morgan fingerprint density at radius 1 is 1.21 bits per heavy atom. The van der Waals surface area contributed by atoms with Crippen LogP contribution in [0.3, 0.4) is 0 Å². The maximum absolute atomic E-state index is 12.8. The zero-order valence-corrected chi connectivity index (χ0v) is 15.0. The monoisotopic (exact) mass is 329 g/mol. The Bertz CT molecular complexity index is 527. The van der Waals surface area contributed by atoms with E-state index in [4.69, 9.17) is 0 Å². The number of nitrogens with one attached hydrogen (secondary N) is 2. The normalized spacial score (nSPS) is 23.6. The van der Waals surface area contributed by atoms with Crippen molar-refractivity contribution in [1.29, 1.82) is 0 Å². The molecular weight excluding hydrogens is 298 g/mol. The summed E-state index contributed by atoms with van der Waals surface area (Å²) in [6, 6.07) is 11.1. The quantitative estimate of drug-likeness (QED) is 0.767. The van der Waals surface area contributed by atoms with Crippen LogP contribution in [0, 0.1) is 11.8 Å². The number of rotatable bonds is 8. The van der Waals surface area contributed by atoms with Gasteiger partial charge < -0.3 is 15.5 Å². The van der Waals surface area contributed by atoms with Crippen LogP contribution in [-0.2, 0) is 11.2 Å². The average molecular weight is 329 g/mol. The van der Waals surface area contributed by atoms with Crippen molar-refractivity contribution in [3.63, 3.8) is 0 Å². The summed E-state index contributed by atoms with van der Waals surface area (Å²) in [7, 11) is 0. The van der Waals surface area contributed by atoms with Crippen molar-refractivity contribution >= 4 is 5.91 Å². The lowest BCUT2D eigenvalue weighted by molar-refractivity contribution is -0.131. The van der Waals surface area contributed by atoms with E-state index in [1.807, 2.05) is 18.2 Å². The van der Waals surface area contributed by atoms with Crippen LogP contribution in [-0.4, -0.2) is 49.1 Å². The lowest BCUT2D eigenvalue weighted by Crippen LogP contribution is -2.42. The van der Waals surface area contributed by atoms with Crippen LogP contribution in [0.25, 0.3) is 0 Å². The van der Waals surface area contributed by atoms with E-state index in [1.54, 1.807) is 0 Å². The maximum Gasteiger partial charge on any atom is 0.227 e. The number of carbonyl (C=O) groups excluding carboxylic acids is 1. The van der Waals surface area contributed by atoms with Gasteiger partial charge in [0.05, 0.1) is 6.42 Å². The predicted molar refractivity (Wildman–Crippen MR) is 97.9 cm³/mol. The van der Waals surface area contributed by atoms with Gasteiger partial charge in [-0.25, -0.2) is 0 Å². The summed E-state index contributed by atoms with van der Waals surface area (Å²) in [5, 5.41) is 7.08. The molecule has 0 spiro atoms. The number of benzene rings is 1. The summed E-state index contributed by atoms with van der Waals surface area (Å²) in [4.78, 5) is 15.0. The molecule has 132 valence electrons. The van der Waals surface area contributed by atoms with E-state index in [1.165, 1.54) is 12.8 Å². The zero-order valence-electron chi connectivity index (χ0n) is 15.0. The first-order valence-electron chi connectivity index (χ1n) is 9.41. The fourth-order valence-corrected chi connectivity index (χ4v) is 3.59. The second-order valence-corrected chi connectivity index (χ2v) is 7.68.